The predicted molar refractivity (Wildman–Crippen MR) is 72.2 cm³/mol. The molecule has 0 unspecified atom stereocenters. The maximum absolute atomic E-state index is 12.0. The van der Waals surface area contributed by atoms with Crippen LogP contribution in [0, 0.1) is 6.92 Å². The minimum absolute atomic E-state index is 0.0982. The lowest BCUT2D eigenvalue weighted by Crippen LogP contribution is -2.41. The summed E-state index contributed by atoms with van der Waals surface area (Å²) >= 11 is 1.42. The van der Waals surface area contributed by atoms with Gasteiger partial charge in [-0.3, -0.25) is 4.79 Å². The lowest BCUT2D eigenvalue weighted by Gasteiger charge is -2.21. The minimum Gasteiger partial charge on any atom is -0.444 e. The van der Waals surface area contributed by atoms with Crippen molar-refractivity contribution in [2.75, 3.05) is 0 Å². The van der Waals surface area contributed by atoms with Gasteiger partial charge in [-0.2, -0.15) is 0 Å². The molecular formula is C13H19NO3S. The zero-order chi connectivity index (χ0) is 13.9. The van der Waals surface area contributed by atoms with Gasteiger partial charge in [0.25, 0.3) is 0 Å². The number of aryl methyl sites for hydroxylation is 1. The molecule has 1 aromatic heterocycles. The second kappa shape index (κ2) is 5.52. The number of ether oxygens (including phenoxy) is 1. The summed E-state index contributed by atoms with van der Waals surface area (Å²) in [4.78, 5) is 25.2. The molecule has 4 nitrogen and oxygen atoms in total. The van der Waals surface area contributed by atoms with Crippen molar-refractivity contribution in [2.24, 2.45) is 0 Å². The number of ketones is 1. The Morgan fingerprint density at radius 3 is 2.39 bits per heavy atom. The van der Waals surface area contributed by atoms with Crippen LogP contribution in [-0.4, -0.2) is 23.5 Å². The van der Waals surface area contributed by atoms with Gasteiger partial charge in [0.05, 0.1) is 10.9 Å². The van der Waals surface area contributed by atoms with Gasteiger partial charge >= 0.3 is 6.09 Å². The largest absolute Gasteiger partial charge is 0.444 e. The van der Waals surface area contributed by atoms with Crippen molar-refractivity contribution < 1.29 is 14.3 Å². The molecule has 0 saturated carbocycles. The molecule has 0 aliphatic carbocycles. The van der Waals surface area contributed by atoms with E-state index in [-0.39, 0.29) is 5.78 Å². The van der Waals surface area contributed by atoms with E-state index in [1.165, 1.54) is 11.3 Å². The van der Waals surface area contributed by atoms with E-state index in [9.17, 15) is 9.59 Å². The molecule has 0 saturated heterocycles. The van der Waals surface area contributed by atoms with E-state index < -0.39 is 17.7 Å². The maximum atomic E-state index is 12.0. The first kappa shape index (κ1) is 14.7. The third kappa shape index (κ3) is 4.49. The number of thiophene rings is 1. The molecule has 1 rings (SSSR count). The normalized spacial score (nSPS) is 12.9. The van der Waals surface area contributed by atoms with Gasteiger partial charge in [0.2, 0.25) is 0 Å². The third-order valence-corrected chi connectivity index (χ3v) is 3.12. The van der Waals surface area contributed by atoms with Gasteiger partial charge in [0.15, 0.2) is 5.78 Å². The highest BCUT2D eigenvalue weighted by Gasteiger charge is 2.22. The lowest BCUT2D eigenvalue weighted by atomic mass is 10.2. The molecule has 0 bridgehead atoms. The average Bonchev–Trinajstić information content (AvgIpc) is 2.60. The van der Waals surface area contributed by atoms with E-state index >= 15 is 0 Å². The van der Waals surface area contributed by atoms with Crippen LogP contribution in [0.4, 0.5) is 4.79 Å². The lowest BCUT2D eigenvalue weighted by molar-refractivity contribution is 0.0497. The first-order valence-electron chi connectivity index (χ1n) is 5.79. The molecule has 1 N–H and O–H groups in total. The number of hydrogen-bond donors (Lipinski definition) is 1. The minimum atomic E-state index is -0.585. The molecule has 1 amide bonds. The molecule has 1 aromatic rings. The maximum Gasteiger partial charge on any atom is 0.408 e. The number of carbonyl (C=O) groups is 2. The number of rotatable bonds is 3. The van der Waals surface area contributed by atoms with Crippen molar-refractivity contribution in [1.29, 1.82) is 0 Å². The van der Waals surface area contributed by atoms with Gasteiger partial charge in [-0.05, 0) is 46.8 Å². The van der Waals surface area contributed by atoms with Crippen molar-refractivity contribution >= 4 is 23.2 Å². The summed E-state index contributed by atoms with van der Waals surface area (Å²) in [5.74, 6) is -0.0982. The molecule has 18 heavy (non-hydrogen) atoms. The fourth-order valence-electron chi connectivity index (χ4n) is 1.33. The Morgan fingerprint density at radius 2 is 1.94 bits per heavy atom. The second-order valence-electron chi connectivity index (χ2n) is 5.14. The monoisotopic (exact) mass is 269 g/mol. The highest BCUT2D eigenvalue weighted by molar-refractivity contribution is 7.14. The quantitative estimate of drug-likeness (QED) is 0.858. The zero-order valence-electron chi connectivity index (χ0n) is 11.4. The fraction of sp³-hybridized carbons (Fsp3) is 0.538. The zero-order valence-corrected chi connectivity index (χ0v) is 12.2. The first-order chi connectivity index (χ1) is 8.19. The van der Waals surface area contributed by atoms with Crippen LogP contribution in [0.2, 0.25) is 0 Å². The molecule has 1 atom stereocenters. The molecular weight excluding hydrogens is 250 g/mol. The van der Waals surface area contributed by atoms with Gasteiger partial charge in [0.1, 0.15) is 5.60 Å². The molecule has 0 aliphatic rings. The van der Waals surface area contributed by atoms with Crippen molar-refractivity contribution in [2.45, 2.75) is 46.3 Å². The standard InChI is InChI=1S/C13H19NO3S/c1-8-6-7-10(18-8)11(15)9(2)14-12(16)17-13(3,4)5/h6-7,9H,1-5H3,(H,14,16)/t9-/m0/s1. The van der Waals surface area contributed by atoms with Gasteiger partial charge in [0, 0.05) is 4.88 Å². The summed E-state index contributed by atoms with van der Waals surface area (Å²) in [6, 6.07) is 3.08. The van der Waals surface area contributed by atoms with E-state index in [0.29, 0.717) is 4.88 Å². The summed E-state index contributed by atoms with van der Waals surface area (Å²) in [6.07, 6.45) is -0.573. The highest BCUT2D eigenvalue weighted by atomic mass is 32.1. The number of nitrogens with one attached hydrogen (secondary N) is 1. The highest BCUT2D eigenvalue weighted by Crippen LogP contribution is 2.17. The van der Waals surface area contributed by atoms with Crippen LogP contribution in [0.3, 0.4) is 0 Å². The number of Topliss-reactive ketones (excluding diaryl/α,β-unsaturated/α-hetero) is 1. The Bertz CT molecular complexity index is 445. The van der Waals surface area contributed by atoms with E-state index in [1.54, 1.807) is 33.8 Å². The molecule has 0 radical (unpaired) electrons. The first-order valence-corrected chi connectivity index (χ1v) is 6.61. The molecule has 0 spiro atoms. The number of alkyl carbamates (subject to hydrolysis) is 1. The summed E-state index contributed by atoms with van der Waals surface area (Å²) in [5, 5.41) is 2.54. The van der Waals surface area contributed by atoms with Gasteiger partial charge in [-0.1, -0.05) is 0 Å². The Kier molecular flexibility index (Phi) is 4.51. The summed E-state index contributed by atoms with van der Waals surface area (Å²) < 4.78 is 5.10. The fourth-order valence-corrected chi connectivity index (χ4v) is 2.23. The summed E-state index contributed by atoms with van der Waals surface area (Å²) in [6.45, 7) is 8.93. The van der Waals surface area contributed by atoms with Crippen molar-refractivity contribution in [3.05, 3.63) is 21.9 Å². The predicted octanol–water partition coefficient (Wildman–Crippen LogP) is 3.15. The van der Waals surface area contributed by atoms with E-state index in [2.05, 4.69) is 5.32 Å². The Hall–Kier alpha value is -1.36. The van der Waals surface area contributed by atoms with Gasteiger partial charge in [-0.15, -0.1) is 11.3 Å². The van der Waals surface area contributed by atoms with Crippen LogP contribution < -0.4 is 5.32 Å². The van der Waals surface area contributed by atoms with Crippen LogP contribution in [0.1, 0.15) is 42.2 Å². The Balaban J connectivity index is 2.58. The van der Waals surface area contributed by atoms with Crippen LogP contribution in [0.5, 0.6) is 0 Å². The van der Waals surface area contributed by atoms with E-state index in [1.807, 2.05) is 13.0 Å². The smallest absolute Gasteiger partial charge is 0.408 e. The summed E-state index contributed by atoms with van der Waals surface area (Å²) in [7, 11) is 0. The van der Waals surface area contributed by atoms with E-state index in [0.717, 1.165) is 4.88 Å². The number of hydrogen-bond acceptors (Lipinski definition) is 4. The van der Waals surface area contributed by atoms with Gasteiger partial charge < -0.3 is 10.1 Å². The molecule has 0 aliphatic heterocycles. The van der Waals surface area contributed by atoms with E-state index in [4.69, 9.17) is 4.74 Å². The second-order valence-corrected chi connectivity index (χ2v) is 6.43. The molecule has 0 aromatic carbocycles. The summed E-state index contributed by atoms with van der Waals surface area (Å²) in [5.41, 5.74) is -0.563. The SMILES string of the molecule is Cc1ccc(C(=O)[C@H](C)NC(=O)OC(C)(C)C)s1. The Labute approximate surface area is 111 Å². The van der Waals surface area contributed by atoms with Crippen LogP contribution in [0.15, 0.2) is 12.1 Å². The average molecular weight is 269 g/mol. The number of carbonyl (C=O) groups excluding carboxylic acids is 2. The van der Waals surface area contributed by atoms with Crippen LogP contribution in [-0.2, 0) is 4.74 Å². The molecule has 5 heteroatoms. The number of amides is 1. The topological polar surface area (TPSA) is 55.4 Å². The third-order valence-electron chi connectivity index (χ3n) is 2.11. The molecule has 100 valence electrons. The van der Waals surface area contributed by atoms with Crippen LogP contribution >= 0.6 is 11.3 Å². The van der Waals surface area contributed by atoms with Crippen LogP contribution in [0.25, 0.3) is 0 Å². The van der Waals surface area contributed by atoms with Crippen molar-refractivity contribution in [1.82, 2.24) is 5.32 Å². The van der Waals surface area contributed by atoms with Crippen molar-refractivity contribution in [3.8, 4) is 0 Å². The van der Waals surface area contributed by atoms with Gasteiger partial charge in [-0.25, -0.2) is 4.79 Å². The van der Waals surface area contributed by atoms with Crippen molar-refractivity contribution in [3.63, 3.8) is 0 Å². The molecule has 1 heterocycles. The Morgan fingerprint density at radius 1 is 1.33 bits per heavy atom. The molecule has 0 fully saturated rings.